The molecule has 0 aliphatic rings. The zero-order chi connectivity index (χ0) is 13.5. The SMILES string of the molecule is CON=C(C(=O)OC)c1cccc(Cl)c1CCBr. The van der Waals surface area contributed by atoms with Gasteiger partial charge >= 0.3 is 5.97 Å². The Morgan fingerprint density at radius 2 is 2.17 bits per heavy atom. The van der Waals surface area contributed by atoms with Crippen LogP contribution in [-0.4, -0.2) is 31.2 Å². The number of halogens is 2. The fourth-order valence-corrected chi connectivity index (χ4v) is 2.18. The van der Waals surface area contributed by atoms with Gasteiger partial charge in [0, 0.05) is 15.9 Å². The molecule has 98 valence electrons. The molecule has 0 aliphatic carbocycles. The van der Waals surface area contributed by atoms with Crippen molar-refractivity contribution in [2.45, 2.75) is 6.42 Å². The molecule has 0 amide bonds. The molecular formula is C12H13BrClNO3. The van der Waals surface area contributed by atoms with Crippen LogP contribution in [0.1, 0.15) is 11.1 Å². The topological polar surface area (TPSA) is 47.9 Å². The molecule has 0 spiro atoms. The Hall–Kier alpha value is -1.07. The summed E-state index contributed by atoms with van der Waals surface area (Å²) in [5, 5.41) is 5.03. The van der Waals surface area contributed by atoms with E-state index in [9.17, 15) is 4.79 Å². The highest BCUT2D eigenvalue weighted by Gasteiger charge is 2.20. The fraction of sp³-hybridized carbons (Fsp3) is 0.333. The van der Waals surface area contributed by atoms with E-state index in [2.05, 4.69) is 30.7 Å². The maximum Gasteiger partial charge on any atom is 0.360 e. The van der Waals surface area contributed by atoms with Gasteiger partial charge in [0.05, 0.1) is 7.11 Å². The highest BCUT2D eigenvalue weighted by molar-refractivity contribution is 9.09. The van der Waals surface area contributed by atoms with E-state index in [1.54, 1.807) is 18.2 Å². The number of carbonyl (C=O) groups excluding carboxylic acids is 1. The summed E-state index contributed by atoms with van der Waals surface area (Å²) in [6.45, 7) is 0. The highest BCUT2D eigenvalue weighted by atomic mass is 79.9. The quantitative estimate of drug-likeness (QED) is 0.360. The standard InChI is InChI=1S/C12H13BrClNO3/c1-17-12(16)11(15-18-2)9-4-3-5-10(14)8(9)6-7-13/h3-5H,6-7H2,1-2H3. The van der Waals surface area contributed by atoms with Crippen molar-refractivity contribution in [3.05, 3.63) is 34.3 Å². The first-order valence-electron chi connectivity index (χ1n) is 5.18. The van der Waals surface area contributed by atoms with Gasteiger partial charge in [-0.15, -0.1) is 0 Å². The zero-order valence-electron chi connectivity index (χ0n) is 10.1. The molecule has 0 saturated heterocycles. The molecule has 0 unspecified atom stereocenters. The second-order valence-electron chi connectivity index (χ2n) is 3.32. The summed E-state index contributed by atoms with van der Waals surface area (Å²) in [5.74, 6) is -0.560. The number of esters is 1. The molecule has 0 radical (unpaired) electrons. The van der Waals surface area contributed by atoms with Gasteiger partial charge in [0.2, 0.25) is 0 Å². The van der Waals surface area contributed by atoms with Crippen molar-refractivity contribution in [1.29, 1.82) is 0 Å². The molecule has 1 aromatic rings. The third-order valence-electron chi connectivity index (χ3n) is 2.28. The number of carbonyl (C=O) groups is 1. The average molecular weight is 335 g/mol. The molecule has 0 bridgehead atoms. The maximum absolute atomic E-state index is 11.7. The number of oxime groups is 1. The van der Waals surface area contributed by atoms with E-state index in [-0.39, 0.29) is 5.71 Å². The monoisotopic (exact) mass is 333 g/mol. The molecular weight excluding hydrogens is 321 g/mol. The zero-order valence-corrected chi connectivity index (χ0v) is 12.4. The van der Waals surface area contributed by atoms with Crippen LogP contribution in [0, 0.1) is 0 Å². The number of hydrogen-bond donors (Lipinski definition) is 0. The van der Waals surface area contributed by atoms with Crippen molar-refractivity contribution in [2.24, 2.45) is 5.16 Å². The first-order valence-corrected chi connectivity index (χ1v) is 6.68. The molecule has 0 atom stereocenters. The number of methoxy groups -OCH3 is 1. The highest BCUT2D eigenvalue weighted by Crippen LogP contribution is 2.22. The van der Waals surface area contributed by atoms with Crippen molar-refractivity contribution in [3.63, 3.8) is 0 Å². The fourth-order valence-electron chi connectivity index (χ4n) is 1.51. The summed E-state index contributed by atoms with van der Waals surface area (Å²) in [4.78, 5) is 16.4. The lowest BCUT2D eigenvalue weighted by atomic mass is 10.0. The van der Waals surface area contributed by atoms with E-state index < -0.39 is 5.97 Å². The van der Waals surface area contributed by atoms with Crippen molar-refractivity contribution in [2.75, 3.05) is 19.5 Å². The van der Waals surface area contributed by atoms with Crippen LogP contribution in [-0.2, 0) is 20.8 Å². The van der Waals surface area contributed by atoms with Crippen molar-refractivity contribution in [1.82, 2.24) is 0 Å². The van der Waals surface area contributed by atoms with Crippen LogP contribution in [0.15, 0.2) is 23.4 Å². The van der Waals surface area contributed by atoms with Crippen LogP contribution in [0.25, 0.3) is 0 Å². The van der Waals surface area contributed by atoms with Crippen molar-refractivity contribution >= 4 is 39.2 Å². The van der Waals surface area contributed by atoms with Crippen molar-refractivity contribution < 1.29 is 14.4 Å². The normalized spacial score (nSPS) is 11.2. The maximum atomic E-state index is 11.7. The van der Waals surface area contributed by atoms with Crippen LogP contribution in [0.5, 0.6) is 0 Å². The molecule has 18 heavy (non-hydrogen) atoms. The molecule has 6 heteroatoms. The molecule has 1 aromatic carbocycles. The molecule has 0 fully saturated rings. The first kappa shape index (κ1) is 15.0. The Kier molecular flexibility index (Phi) is 6.15. The molecule has 1 rings (SSSR count). The summed E-state index contributed by atoms with van der Waals surface area (Å²) < 4.78 is 4.69. The van der Waals surface area contributed by atoms with Gasteiger partial charge < -0.3 is 9.57 Å². The van der Waals surface area contributed by atoms with Crippen LogP contribution in [0.2, 0.25) is 5.02 Å². The number of nitrogens with zero attached hydrogens (tertiary/aromatic N) is 1. The average Bonchev–Trinajstić information content (AvgIpc) is 2.38. The summed E-state index contributed by atoms with van der Waals surface area (Å²) in [6, 6.07) is 5.28. The minimum Gasteiger partial charge on any atom is -0.464 e. The van der Waals surface area contributed by atoms with E-state index in [4.69, 9.17) is 11.6 Å². The van der Waals surface area contributed by atoms with Gasteiger partial charge in [-0.25, -0.2) is 4.79 Å². The summed E-state index contributed by atoms with van der Waals surface area (Å²) in [6.07, 6.45) is 0.675. The Morgan fingerprint density at radius 3 is 2.72 bits per heavy atom. The van der Waals surface area contributed by atoms with Crippen LogP contribution in [0.4, 0.5) is 0 Å². The lowest BCUT2D eigenvalue weighted by molar-refractivity contribution is -0.132. The lowest BCUT2D eigenvalue weighted by Gasteiger charge is -2.10. The van der Waals surface area contributed by atoms with E-state index >= 15 is 0 Å². The van der Waals surface area contributed by atoms with Gasteiger partial charge in [-0.1, -0.05) is 44.8 Å². The Labute approximate surface area is 119 Å². The molecule has 0 heterocycles. The smallest absolute Gasteiger partial charge is 0.360 e. The third-order valence-corrected chi connectivity index (χ3v) is 3.03. The van der Waals surface area contributed by atoms with Gasteiger partial charge in [-0.2, -0.15) is 0 Å². The van der Waals surface area contributed by atoms with Gasteiger partial charge in [-0.3, -0.25) is 0 Å². The molecule has 0 aromatic heterocycles. The van der Waals surface area contributed by atoms with Gasteiger partial charge in [0.1, 0.15) is 7.11 Å². The first-order chi connectivity index (χ1) is 8.65. The number of ether oxygens (including phenoxy) is 1. The number of benzene rings is 1. The van der Waals surface area contributed by atoms with Crippen LogP contribution < -0.4 is 0 Å². The molecule has 0 saturated carbocycles. The van der Waals surface area contributed by atoms with E-state index in [0.29, 0.717) is 17.0 Å². The Morgan fingerprint density at radius 1 is 1.44 bits per heavy atom. The largest absolute Gasteiger partial charge is 0.464 e. The second kappa shape index (κ2) is 7.38. The summed E-state index contributed by atoms with van der Waals surface area (Å²) >= 11 is 9.48. The van der Waals surface area contributed by atoms with Gasteiger partial charge in [-0.05, 0) is 18.1 Å². The van der Waals surface area contributed by atoms with Gasteiger partial charge in [0.15, 0.2) is 5.71 Å². The van der Waals surface area contributed by atoms with E-state index in [1.165, 1.54) is 14.2 Å². The minimum absolute atomic E-state index is 0.110. The van der Waals surface area contributed by atoms with E-state index in [0.717, 1.165) is 10.9 Å². The number of rotatable bonds is 5. The summed E-state index contributed by atoms with van der Waals surface area (Å²) in [5.41, 5.74) is 1.56. The predicted molar refractivity (Wildman–Crippen MR) is 74.5 cm³/mol. The van der Waals surface area contributed by atoms with Gasteiger partial charge in [0.25, 0.3) is 0 Å². The minimum atomic E-state index is -0.560. The third kappa shape index (κ3) is 3.46. The number of alkyl halides is 1. The molecule has 4 nitrogen and oxygen atoms in total. The van der Waals surface area contributed by atoms with Crippen molar-refractivity contribution in [3.8, 4) is 0 Å². The lowest BCUT2D eigenvalue weighted by Crippen LogP contribution is -2.19. The Bertz CT molecular complexity index is 463. The molecule has 0 aliphatic heterocycles. The van der Waals surface area contributed by atoms with Crippen LogP contribution in [0.3, 0.4) is 0 Å². The number of hydrogen-bond acceptors (Lipinski definition) is 4. The Balaban J connectivity index is 3.32. The summed E-state index contributed by atoms with van der Waals surface area (Å²) in [7, 11) is 2.67. The predicted octanol–water partition coefficient (Wildman–Crippen LogP) is 2.80. The van der Waals surface area contributed by atoms with Crippen LogP contribution >= 0.6 is 27.5 Å². The molecule has 0 N–H and O–H groups in total. The second-order valence-corrected chi connectivity index (χ2v) is 4.52. The van der Waals surface area contributed by atoms with E-state index in [1.807, 2.05) is 0 Å².